The van der Waals surface area contributed by atoms with E-state index in [1.807, 2.05) is 31.2 Å². The van der Waals surface area contributed by atoms with E-state index in [9.17, 15) is 13.2 Å². The predicted octanol–water partition coefficient (Wildman–Crippen LogP) is 1.32. The normalized spacial score (nSPS) is 20.6. The average Bonchev–Trinajstić information content (AvgIpc) is 2.77. The number of nitrogens with one attached hydrogen (secondary N) is 1. The highest BCUT2D eigenvalue weighted by Gasteiger charge is 2.32. The first-order valence-electron chi connectivity index (χ1n) is 6.64. The monoisotopic (exact) mass is 296 g/mol. The van der Waals surface area contributed by atoms with Crippen molar-refractivity contribution >= 4 is 15.9 Å². The fourth-order valence-corrected chi connectivity index (χ4v) is 4.03. The van der Waals surface area contributed by atoms with E-state index in [4.69, 9.17) is 0 Å². The van der Waals surface area contributed by atoms with Crippen molar-refractivity contribution in [2.24, 2.45) is 0 Å². The minimum atomic E-state index is -2.97. The van der Waals surface area contributed by atoms with Gasteiger partial charge in [0.25, 0.3) is 0 Å². The Morgan fingerprint density at radius 1 is 1.35 bits per heavy atom. The lowest BCUT2D eigenvalue weighted by Crippen LogP contribution is -2.43. The van der Waals surface area contributed by atoms with Crippen molar-refractivity contribution in [1.29, 1.82) is 0 Å². The zero-order valence-corrected chi connectivity index (χ0v) is 12.6. The predicted molar refractivity (Wildman–Crippen MR) is 78.2 cm³/mol. The summed E-state index contributed by atoms with van der Waals surface area (Å²) in [6.45, 7) is 2.46. The van der Waals surface area contributed by atoms with E-state index in [-0.39, 0.29) is 23.6 Å². The van der Waals surface area contributed by atoms with Crippen molar-refractivity contribution in [2.45, 2.75) is 25.9 Å². The van der Waals surface area contributed by atoms with E-state index in [1.54, 1.807) is 7.05 Å². The molecule has 0 radical (unpaired) electrons. The van der Waals surface area contributed by atoms with Gasteiger partial charge in [-0.2, -0.15) is 0 Å². The molecule has 1 N–H and O–H groups in total. The van der Waals surface area contributed by atoms with E-state index < -0.39 is 9.84 Å². The Kier molecular flexibility index (Phi) is 4.32. The van der Waals surface area contributed by atoms with Gasteiger partial charge in [0.15, 0.2) is 9.84 Å². The van der Waals surface area contributed by atoms with Crippen LogP contribution in [0, 0.1) is 6.92 Å². The largest absolute Gasteiger partial charge is 0.334 e. The summed E-state index contributed by atoms with van der Waals surface area (Å²) < 4.78 is 22.8. The number of aryl methyl sites for hydroxylation is 1. The third kappa shape index (κ3) is 3.72. The molecule has 0 saturated carbocycles. The molecule has 0 aliphatic carbocycles. The number of urea groups is 1. The van der Waals surface area contributed by atoms with Crippen LogP contribution in [0.4, 0.5) is 4.79 Å². The van der Waals surface area contributed by atoms with E-state index in [1.165, 1.54) is 10.5 Å². The van der Waals surface area contributed by atoms with Crippen LogP contribution in [0.5, 0.6) is 0 Å². The maximum atomic E-state index is 12.0. The SMILES string of the molecule is Cc1ccc(CNC(=O)N(C)C2CCS(=O)(=O)C2)cc1. The smallest absolute Gasteiger partial charge is 0.317 e. The van der Waals surface area contributed by atoms with E-state index in [2.05, 4.69) is 5.32 Å². The zero-order valence-electron chi connectivity index (χ0n) is 11.8. The maximum Gasteiger partial charge on any atom is 0.317 e. The van der Waals surface area contributed by atoms with Gasteiger partial charge in [0.05, 0.1) is 11.5 Å². The van der Waals surface area contributed by atoms with E-state index >= 15 is 0 Å². The Labute approximate surface area is 119 Å². The number of rotatable bonds is 3. The van der Waals surface area contributed by atoms with Gasteiger partial charge in [-0.25, -0.2) is 13.2 Å². The number of hydrogen-bond donors (Lipinski definition) is 1. The summed E-state index contributed by atoms with van der Waals surface area (Å²) >= 11 is 0. The summed E-state index contributed by atoms with van der Waals surface area (Å²) in [5.41, 5.74) is 2.20. The first-order valence-corrected chi connectivity index (χ1v) is 8.46. The Bertz CT molecular complexity index is 581. The maximum absolute atomic E-state index is 12.0. The minimum Gasteiger partial charge on any atom is -0.334 e. The highest BCUT2D eigenvalue weighted by atomic mass is 32.2. The molecule has 2 rings (SSSR count). The molecule has 0 bridgehead atoms. The van der Waals surface area contributed by atoms with Crippen LogP contribution in [-0.4, -0.2) is 43.9 Å². The molecule has 1 atom stereocenters. The lowest BCUT2D eigenvalue weighted by Gasteiger charge is -2.23. The quantitative estimate of drug-likeness (QED) is 0.915. The van der Waals surface area contributed by atoms with E-state index in [0.717, 1.165) is 5.56 Å². The number of carbonyl (C=O) groups is 1. The fourth-order valence-electron chi connectivity index (χ4n) is 2.25. The van der Waals surface area contributed by atoms with Gasteiger partial charge in [-0.3, -0.25) is 0 Å². The first kappa shape index (κ1) is 14.8. The van der Waals surface area contributed by atoms with Crippen LogP contribution >= 0.6 is 0 Å². The molecule has 1 heterocycles. The summed E-state index contributed by atoms with van der Waals surface area (Å²) in [5, 5.41) is 2.81. The van der Waals surface area contributed by atoms with Crippen molar-refractivity contribution < 1.29 is 13.2 Å². The minimum absolute atomic E-state index is 0.0709. The van der Waals surface area contributed by atoms with Crippen molar-refractivity contribution in [3.63, 3.8) is 0 Å². The molecule has 0 aromatic heterocycles. The Morgan fingerprint density at radius 3 is 2.55 bits per heavy atom. The molecule has 1 unspecified atom stereocenters. The third-order valence-electron chi connectivity index (χ3n) is 3.64. The fraction of sp³-hybridized carbons (Fsp3) is 0.500. The van der Waals surface area contributed by atoms with E-state index in [0.29, 0.717) is 13.0 Å². The lowest BCUT2D eigenvalue weighted by atomic mass is 10.1. The number of amides is 2. The van der Waals surface area contributed by atoms with Crippen LogP contribution in [0.1, 0.15) is 17.5 Å². The third-order valence-corrected chi connectivity index (χ3v) is 5.39. The molecule has 1 saturated heterocycles. The first-order chi connectivity index (χ1) is 9.37. The molecule has 1 aromatic rings. The van der Waals surface area contributed by atoms with Gasteiger partial charge in [0.1, 0.15) is 0 Å². The average molecular weight is 296 g/mol. The van der Waals surface area contributed by atoms with Crippen LogP contribution in [0.25, 0.3) is 0 Å². The molecule has 110 valence electrons. The Hall–Kier alpha value is -1.56. The van der Waals surface area contributed by atoms with Crippen LogP contribution in [0.15, 0.2) is 24.3 Å². The highest BCUT2D eigenvalue weighted by Crippen LogP contribution is 2.16. The second-order valence-electron chi connectivity index (χ2n) is 5.31. The molecule has 5 nitrogen and oxygen atoms in total. The second kappa shape index (κ2) is 5.83. The highest BCUT2D eigenvalue weighted by molar-refractivity contribution is 7.91. The van der Waals surface area contributed by atoms with Gasteiger partial charge in [-0.05, 0) is 18.9 Å². The topological polar surface area (TPSA) is 66.5 Å². The summed E-state index contributed by atoms with van der Waals surface area (Å²) in [7, 11) is -1.32. The van der Waals surface area contributed by atoms with Crippen LogP contribution in [-0.2, 0) is 16.4 Å². The Morgan fingerprint density at radius 2 is 2.00 bits per heavy atom. The molecule has 1 aliphatic rings. The van der Waals surface area contributed by atoms with Gasteiger partial charge in [-0.15, -0.1) is 0 Å². The molecule has 0 spiro atoms. The number of benzene rings is 1. The molecule has 6 heteroatoms. The standard InChI is InChI=1S/C14H20N2O3S/c1-11-3-5-12(6-4-11)9-15-14(17)16(2)13-7-8-20(18,19)10-13/h3-6,13H,7-10H2,1-2H3,(H,15,17). The molecular formula is C14H20N2O3S. The lowest BCUT2D eigenvalue weighted by molar-refractivity contribution is 0.194. The zero-order chi connectivity index (χ0) is 14.8. The Balaban J connectivity index is 1.87. The molecule has 2 amide bonds. The molecule has 1 fully saturated rings. The number of sulfone groups is 1. The summed E-state index contributed by atoms with van der Waals surface area (Å²) in [5.74, 6) is 0.245. The number of carbonyl (C=O) groups excluding carboxylic acids is 1. The number of hydrogen-bond acceptors (Lipinski definition) is 3. The second-order valence-corrected chi connectivity index (χ2v) is 7.54. The molecule has 1 aromatic carbocycles. The molecule has 20 heavy (non-hydrogen) atoms. The molecule has 1 aliphatic heterocycles. The van der Waals surface area contributed by atoms with Gasteiger partial charge in [0, 0.05) is 19.6 Å². The summed E-state index contributed by atoms with van der Waals surface area (Å²) in [4.78, 5) is 13.5. The van der Waals surface area contributed by atoms with Crippen molar-refractivity contribution in [1.82, 2.24) is 10.2 Å². The summed E-state index contributed by atoms with van der Waals surface area (Å²) in [6.07, 6.45) is 0.525. The van der Waals surface area contributed by atoms with Gasteiger partial charge < -0.3 is 10.2 Å². The molecular weight excluding hydrogens is 276 g/mol. The number of nitrogens with zero attached hydrogens (tertiary/aromatic N) is 1. The van der Waals surface area contributed by atoms with Crippen LogP contribution in [0.2, 0.25) is 0 Å². The van der Waals surface area contributed by atoms with Gasteiger partial charge in [-0.1, -0.05) is 29.8 Å². The van der Waals surface area contributed by atoms with Crippen LogP contribution in [0.3, 0.4) is 0 Å². The van der Waals surface area contributed by atoms with Crippen LogP contribution < -0.4 is 5.32 Å². The van der Waals surface area contributed by atoms with Crippen molar-refractivity contribution in [2.75, 3.05) is 18.6 Å². The van der Waals surface area contributed by atoms with Gasteiger partial charge >= 0.3 is 6.03 Å². The van der Waals surface area contributed by atoms with Gasteiger partial charge in [0.2, 0.25) is 0 Å². The van der Waals surface area contributed by atoms with Crippen molar-refractivity contribution in [3.05, 3.63) is 35.4 Å². The summed E-state index contributed by atoms with van der Waals surface area (Å²) in [6, 6.07) is 7.49. The van der Waals surface area contributed by atoms with Crippen molar-refractivity contribution in [3.8, 4) is 0 Å².